The molecule has 1 amide bonds. The zero-order chi connectivity index (χ0) is 22.2. The molecule has 31 heavy (non-hydrogen) atoms. The number of fused-ring (bicyclic) bond motifs is 1. The van der Waals surface area contributed by atoms with Crippen LogP contribution < -0.4 is 8.61 Å². The van der Waals surface area contributed by atoms with Crippen LogP contribution in [0, 0.1) is 0 Å². The number of amides is 1. The van der Waals surface area contributed by atoms with Crippen molar-refractivity contribution in [1.29, 1.82) is 0 Å². The average molecular weight is 448 g/mol. The molecule has 2 heterocycles. The monoisotopic (exact) mass is 447 g/mol. The maximum Gasteiger partial charge on any atom is 0.410 e. The molecular formula is C22H29N3O5S. The van der Waals surface area contributed by atoms with Gasteiger partial charge in [-0.3, -0.25) is 9.11 Å². The highest BCUT2D eigenvalue weighted by Crippen LogP contribution is 2.64. The van der Waals surface area contributed by atoms with Crippen LogP contribution in [-0.4, -0.2) is 58.0 Å². The third kappa shape index (κ3) is 4.45. The molecule has 1 atom stereocenters. The Labute approximate surface area is 184 Å². The molecule has 1 saturated heterocycles. The highest BCUT2D eigenvalue weighted by molar-refractivity contribution is 8.27. The third-order valence-electron chi connectivity index (χ3n) is 5.06. The zero-order valence-electron chi connectivity index (χ0n) is 18.0. The first-order chi connectivity index (χ1) is 14.7. The minimum atomic E-state index is -3.35. The van der Waals surface area contributed by atoms with Gasteiger partial charge in [-0.1, -0.05) is 30.3 Å². The van der Waals surface area contributed by atoms with Crippen molar-refractivity contribution in [1.82, 2.24) is 4.90 Å². The van der Waals surface area contributed by atoms with Gasteiger partial charge in [0.05, 0.1) is 42.9 Å². The van der Waals surface area contributed by atoms with Gasteiger partial charge in [0.2, 0.25) is 0 Å². The fraction of sp³-hybridized carbons (Fsp3) is 0.409. The Hall–Kier alpha value is -2.46. The second kappa shape index (κ2) is 8.23. The molecule has 0 aromatic heterocycles. The van der Waals surface area contributed by atoms with Crippen molar-refractivity contribution < 1.29 is 23.4 Å². The summed E-state index contributed by atoms with van der Waals surface area (Å²) in [4.78, 5) is 14.1. The van der Waals surface area contributed by atoms with E-state index in [-0.39, 0.29) is 12.6 Å². The quantitative estimate of drug-likeness (QED) is 0.695. The molecule has 8 nitrogen and oxygen atoms in total. The number of carbonyl (C=O) groups is 1. The minimum absolute atomic E-state index is 0.224. The fourth-order valence-electron chi connectivity index (χ4n) is 3.76. The summed E-state index contributed by atoms with van der Waals surface area (Å²) in [7, 11) is -3.35. The lowest BCUT2D eigenvalue weighted by atomic mass is 10.2. The summed E-state index contributed by atoms with van der Waals surface area (Å²) >= 11 is 0. The van der Waals surface area contributed by atoms with Gasteiger partial charge in [-0.05, 0) is 56.0 Å². The van der Waals surface area contributed by atoms with Gasteiger partial charge >= 0.3 is 6.09 Å². The summed E-state index contributed by atoms with van der Waals surface area (Å²) in [5.41, 5.74) is 1.54. The van der Waals surface area contributed by atoms with Crippen LogP contribution in [0.5, 0.6) is 0 Å². The molecular weight excluding hydrogens is 418 g/mol. The Balaban J connectivity index is 1.56. The van der Waals surface area contributed by atoms with Gasteiger partial charge in [0.15, 0.2) is 0 Å². The summed E-state index contributed by atoms with van der Waals surface area (Å²) in [6, 6.07) is 16.8. The molecule has 2 aliphatic heterocycles. The average Bonchev–Trinajstić information content (AvgIpc) is 2.94. The van der Waals surface area contributed by atoms with E-state index >= 15 is 0 Å². The van der Waals surface area contributed by atoms with E-state index < -0.39 is 22.7 Å². The minimum Gasteiger partial charge on any atom is -0.444 e. The Bertz CT molecular complexity index is 934. The molecule has 4 rings (SSSR count). The van der Waals surface area contributed by atoms with E-state index in [9.17, 15) is 13.9 Å². The van der Waals surface area contributed by atoms with Crippen LogP contribution in [0.25, 0.3) is 0 Å². The standard InChI is InChI=1S/C22H29N3O5S/c1-22(2,3)30-21(26)23-13-14-29-18(15-23)16-24-19-11-7-8-12-20(19)25(31(24,27)28)17-9-5-4-6-10-17/h4-12,18,27-28H,13-16H2,1-3H3. The number of nitrogens with zero attached hydrogens (tertiary/aromatic N) is 3. The summed E-state index contributed by atoms with van der Waals surface area (Å²) in [6.07, 6.45) is -0.781. The van der Waals surface area contributed by atoms with Crippen molar-refractivity contribution in [2.24, 2.45) is 0 Å². The number of hydrogen-bond donors (Lipinski definition) is 2. The molecule has 9 heteroatoms. The summed E-state index contributed by atoms with van der Waals surface area (Å²) in [5, 5.41) is 0. The van der Waals surface area contributed by atoms with Gasteiger partial charge in [0, 0.05) is 6.54 Å². The molecule has 2 aromatic rings. The van der Waals surface area contributed by atoms with Gasteiger partial charge in [0.1, 0.15) is 5.60 Å². The first-order valence-electron chi connectivity index (χ1n) is 10.3. The first-order valence-corrected chi connectivity index (χ1v) is 11.7. The second-order valence-electron chi connectivity index (χ2n) is 8.59. The number of anilines is 3. The van der Waals surface area contributed by atoms with E-state index in [0.717, 1.165) is 0 Å². The normalized spacial score (nSPS) is 21.6. The Morgan fingerprint density at radius 3 is 2.42 bits per heavy atom. The van der Waals surface area contributed by atoms with E-state index in [4.69, 9.17) is 9.47 Å². The van der Waals surface area contributed by atoms with Crippen molar-refractivity contribution in [2.45, 2.75) is 32.5 Å². The third-order valence-corrected chi connectivity index (χ3v) is 6.90. The van der Waals surface area contributed by atoms with E-state index in [1.54, 1.807) is 13.5 Å². The van der Waals surface area contributed by atoms with Crippen molar-refractivity contribution in [3.8, 4) is 0 Å². The van der Waals surface area contributed by atoms with Crippen LogP contribution in [0.4, 0.5) is 21.9 Å². The van der Waals surface area contributed by atoms with E-state index in [2.05, 4.69) is 0 Å². The van der Waals surface area contributed by atoms with Crippen molar-refractivity contribution in [3.05, 3.63) is 54.6 Å². The first kappa shape index (κ1) is 21.8. The molecule has 1 fully saturated rings. The number of benzene rings is 2. The number of rotatable bonds is 3. The summed E-state index contributed by atoms with van der Waals surface area (Å²) in [6.45, 7) is 6.83. The van der Waals surface area contributed by atoms with Crippen LogP contribution in [-0.2, 0) is 9.47 Å². The predicted octanol–water partition coefficient (Wildman–Crippen LogP) is 4.86. The van der Waals surface area contributed by atoms with Crippen LogP contribution >= 0.6 is 11.0 Å². The Morgan fingerprint density at radius 1 is 1.10 bits per heavy atom. The summed E-state index contributed by atoms with van der Waals surface area (Å²) < 4.78 is 37.1. The van der Waals surface area contributed by atoms with Crippen molar-refractivity contribution in [2.75, 3.05) is 34.9 Å². The number of hydrogen-bond acceptors (Lipinski definition) is 7. The molecule has 0 bridgehead atoms. The van der Waals surface area contributed by atoms with Crippen LogP contribution in [0.3, 0.4) is 0 Å². The molecule has 0 saturated carbocycles. The summed E-state index contributed by atoms with van der Waals surface area (Å²) in [5.74, 6) is 0. The SMILES string of the molecule is CC(C)(C)OC(=O)N1CCOC(CN2c3ccccc3N(c3ccccc3)S2(O)O)C1. The highest BCUT2D eigenvalue weighted by Gasteiger charge is 2.43. The van der Waals surface area contributed by atoms with E-state index in [0.29, 0.717) is 36.8 Å². The lowest BCUT2D eigenvalue weighted by Crippen LogP contribution is -2.51. The van der Waals surface area contributed by atoms with Crippen LogP contribution in [0.2, 0.25) is 0 Å². The van der Waals surface area contributed by atoms with Gasteiger partial charge in [-0.2, -0.15) is 0 Å². The largest absolute Gasteiger partial charge is 0.444 e. The molecule has 2 aliphatic rings. The molecule has 2 N–H and O–H groups in total. The lowest BCUT2D eigenvalue weighted by Gasteiger charge is -2.45. The van der Waals surface area contributed by atoms with Crippen LogP contribution in [0.1, 0.15) is 20.8 Å². The molecule has 1 unspecified atom stereocenters. The molecule has 168 valence electrons. The van der Waals surface area contributed by atoms with Gasteiger partial charge in [0.25, 0.3) is 0 Å². The van der Waals surface area contributed by atoms with Gasteiger partial charge in [-0.15, -0.1) is 0 Å². The Kier molecular flexibility index (Phi) is 5.78. The smallest absolute Gasteiger partial charge is 0.410 e. The molecule has 2 aromatic carbocycles. The van der Waals surface area contributed by atoms with E-state index in [1.165, 1.54) is 0 Å². The maximum absolute atomic E-state index is 12.5. The van der Waals surface area contributed by atoms with Gasteiger partial charge < -0.3 is 14.4 Å². The van der Waals surface area contributed by atoms with Crippen molar-refractivity contribution in [3.63, 3.8) is 0 Å². The highest BCUT2D eigenvalue weighted by atomic mass is 32.3. The lowest BCUT2D eigenvalue weighted by molar-refractivity contribution is -0.0381. The molecule has 0 spiro atoms. The predicted molar refractivity (Wildman–Crippen MR) is 123 cm³/mol. The number of para-hydroxylation sites is 3. The van der Waals surface area contributed by atoms with E-state index in [1.807, 2.05) is 75.4 Å². The second-order valence-corrected chi connectivity index (χ2v) is 10.4. The number of morpholine rings is 1. The Morgan fingerprint density at radius 2 is 1.74 bits per heavy atom. The van der Waals surface area contributed by atoms with Crippen LogP contribution in [0.15, 0.2) is 54.6 Å². The number of carbonyl (C=O) groups excluding carboxylic acids is 1. The molecule has 0 aliphatic carbocycles. The topological polar surface area (TPSA) is 85.7 Å². The fourth-order valence-corrected chi connectivity index (χ4v) is 5.56. The maximum atomic E-state index is 12.5. The van der Waals surface area contributed by atoms with Gasteiger partial charge in [-0.25, -0.2) is 13.4 Å². The molecule has 0 radical (unpaired) electrons. The number of ether oxygens (including phenoxy) is 2. The zero-order valence-corrected chi connectivity index (χ0v) is 18.8. The van der Waals surface area contributed by atoms with Crippen molar-refractivity contribution >= 4 is 34.1 Å².